The zero-order valence-electron chi connectivity index (χ0n) is 15.3. The van der Waals surface area contributed by atoms with Crippen LogP contribution in [0.25, 0.3) is 10.8 Å². The van der Waals surface area contributed by atoms with Crippen molar-refractivity contribution < 1.29 is 0 Å². The summed E-state index contributed by atoms with van der Waals surface area (Å²) < 4.78 is 0. The van der Waals surface area contributed by atoms with Crippen molar-refractivity contribution in [1.82, 2.24) is 0 Å². The molecule has 0 spiro atoms. The Morgan fingerprint density at radius 3 is 1.56 bits per heavy atom. The van der Waals surface area contributed by atoms with Crippen molar-refractivity contribution in [2.45, 2.75) is 0 Å². The molecule has 0 aliphatic rings. The lowest BCUT2D eigenvalue weighted by atomic mass is 9.91. The molecule has 0 aromatic heterocycles. The van der Waals surface area contributed by atoms with Crippen LogP contribution in [-0.4, -0.2) is 42.3 Å². The smallest absolute Gasteiger partial charge is 0.103 e. The van der Waals surface area contributed by atoms with Crippen molar-refractivity contribution in [1.29, 1.82) is 15.8 Å². The summed E-state index contributed by atoms with van der Waals surface area (Å²) in [6.07, 6.45) is 0. The molecule has 0 radical (unpaired) electrons. The second kappa shape index (κ2) is 6.59. The fraction of sp³-hybridized carbons (Fsp3) is 0.316. The Hall–Kier alpha value is -3.43. The molecule has 0 aliphatic carbocycles. The van der Waals surface area contributed by atoms with E-state index < -0.39 is 0 Å². The van der Waals surface area contributed by atoms with Crippen LogP contribution in [0.5, 0.6) is 0 Å². The second-order valence-electron chi connectivity index (χ2n) is 6.35. The lowest BCUT2D eigenvalue weighted by molar-refractivity contribution is 1.08. The molecule has 2 rings (SSSR count). The molecule has 2 aromatic carbocycles. The maximum atomic E-state index is 9.71. The Balaban J connectivity index is 3.29. The summed E-state index contributed by atoms with van der Waals surface area (Å²) in [6, 6.07) is 10.1. The van der Waals surface area contributed by atoms with Crippen LogP contribution in [0.4, 0.5) is 17.1 Å². The predicted octanol–water partition coefficient (Wildman–Crippen LogP) is 2.65. The molecule has 0 heterocycles. The number of rotatable bonds is 3. The van der Waals surface area contributed by atoms with E-state index in [2.05, 4.69) is 12.1 Å². The highest BCUT2D eigenvalue weighted by molar-refractivity contribution is 6.12. The number of benzene rings is 2. The van der Waals surface area contributed by atoms with Crippen LogP contribution in [0.2, 0.25) is 0 Å². The zero-order valence-corrected chi connectivity index (χ0v) is 15.3. The number of hydrogen-bond acceptors (Lipinski definition) is 6. The van der Waals surface area contributed by atoms with Crippen LogP contribution >= 0.6 is 0 Å². The fourth-order valence-corrected chi connectivity index (χ4v) is 3.13. The van der Waals surface area contributed by atoms with Crippen molar-refractivity contribution >= 4 is 27.8 Å². The van der Waals surface area contributed by atoms with E-state index in [1.54, 1.807) is 0 Å². The summed E-state index contributed by atoms with van der Waals surface area (Å²) in [5.74, 6) is 0. The van der Waals surface area contributed by atoms with Crippen molar-refractivity contribution in [2.75, 3.05) is 57.0 Å². The summed E-state index contributed by atoms with van der Waals surface area (Å²) in [4.78, 5) is 5.79. The third-order valence-electron chi connectivity index (χ3n) is 4.11. The molecule has 126 valence electrons. The van der Waals surface area contributed by atoms with Crippen LogP contribution in [0.15, 0.2) is 12.1 Å². The normalized spacial score (nSPS) is 9.88. The molecule has 0 N–H and O–H groups in total. The molecule has 6 heteroatoms. The lowest BCUT2D eigenvalue weighted by Crippen LogP contribution is -2.19. The number of hydrogen-bond donors (Lipinski definition) is 0. The van der Waals surface area contributed by atoms with Crippen molar-refractivity contribution in [2.24, 2.45) is 0 Å². The average molecular weight is 332 g/mol. The highest BCUT2D eigenvalue weighted by Gasteiger charge is 2.25. The standard InChI is InChI=1S/C19H20N6/c1-23(2)16-8-7-12-13(9-20)14(10-21)15(11-22)18(24(3)4)17(12)19(16)25(5)6/h7-8H,1-6H3. The highest BCUT2D eigenvalue weighted by atomic mass is 15.1. The monoisotopic (exact) mass is 332 g/mol. The number of fused-ring (bicyclic) bond motifs is 1. The van der Waals surface area contributed by atoms with E-state index in [-0.39, 0.29) is 16.7 Å². The van der Waals surface area contributed by atoms with Crippen molar-refractivity contribution in [3.05, 3.63) is 28.8 Å². The van der Waals surface area contributed by atoms with Gasteiger partial charge >= 0.3 is 0 Å². The van der Waals surface area contributed by atoms with Gasteiger partial charge in [-0.1, -0.05) is 6.07 Å². The molecule has 0 atom stereocenters. The predicted molar refractivity (Wildman–Crippen MR) is 101 cm³/mol. The average Bonchev–Trinajstić information content (AvgIpc) is 2.57. The van der Waals surface area contributed by atoms with Crippen LogP contribution in [0.3, 0.4) is 0 Å². The summed E-state index contributed by atoms with van der Waals surface area (Å²) in [7, 11) is 11.4. The molecule has 0 aliphatic heterocycles. The molecule has 0 fully saturated rings. The first kappa shape index (κ1) is 17.9. The molecule has 0 unspecified atom stereocenters. The first-order chi connectivity index (χ1) is 11.8. The van der Waals surface area contributed by atoms with E-state index in [1.807, 2.05) is 75.2 Å². The quantitative estimate of drug-likeness (QED) is 0.859. The van der Waals surface area contributed by atoms with Crippen LogP contribution in [-0.2, 0) is 0 Å². The van der Waals surface area contributed by atoms with E-state index in [4.69, 9.17) is 0 Å². The minimum Gasteiger partial charge on any atom is -0.376 e. The van der Waals surface area contributed by atoms with E-state index >= 15 is 0 Å². The van der Waals surface area contributed by atoms with Gasteiger partial charge in [0, 0.05) is 53.1 Å². The highest BCUT2D eigenvalue weighted by Crippen LogP contribution is 2.44. The molecule has 25 heavy (non-hydrogen) atoms. The molecule has 6 nitrogen and oxygen atoms in total. The van der Waals surface area contributed by atoms with Gasteiger partial charge in [0.25, 0.3) is 0 Å². The van der Waals surface area contributed by atoms with E-state index in [0.717, 1.165) is 16.8 Å². The Morgan fingerprint density at radius 2 is 1.16 bits per heavy atom. The maximum absolute atomic E-state index is 9.71. The van der Waals surface area contributed by atoms with Gasteiger partial charge in [0.2, 0.25) is 0 Å². The van der Waals surface area contributed by atoms with Gasteiger partial charge in [0.15, 0.2) is 0 Å². The fourth-order valence-electron chi connectivity index (χ4n) is 3.13. The van der Waals surface area contributed by atoms with Gasteiger partial charge in [0.05, 0.1) is 33.8 Å². The van der Waals surface area contributed by atoms with Gasteiger partial charge in [0.1, 0.15) is 18.2 Å². The Kier molecular flexibility index (Phi) is 4.72. The summed E-state index contributed by atoms with van der Waals surface area (Å²) in [5, 5.41) is 30.4. The Labute approximate surface area is 148 Å². The zero-order chi connectivity index (χ0) is 18.9. The molecule has 0 bridgehead atoms. The minimum absolute atomic E-state index is 0.128. The summed E-state index contributed by atoms with van der Waals surface area (Å²) in [6.45, 7) is 0. The van der Waals surface area contributed by atoms with Crippen LogP contribution < -0.4 is 14.7 Å². The summed E-state index contributed by atoms with van der Waals surface area (Å²) in [5.41, 5.74) is 3.13. The third kappa shape index (κ3) is 2.67. The molecule has 0 amide bonds. The topological polar surface area (TPSA) is 81.1 Å². The maximum Gasteiger partial charge on any atom is 0.103 e. The van der Waals surface area contributed by atoms with Gasteiger partial charge < -0.3 is 14.7 Å². The number of anilines is 3. The Morgan fingerprint density at radius 1 is 0.640 bits per heavy atom. The van der Waals surface area contributed by atoms with Gasteiger partial charge in [-0.3, -0.25) is 0 Å². The lowest BCUT2D eigenvalue weighted by Gasteiger charge is -2.28. The SMILES string of the molecule is CN(C)c1ccc2c(C#N)c(C#N)c(C#N)c(N(C)C)c2c1N(C)C. The molecular weight excluding hydrogens is 312 g/mol. The van der Waals surface area contributed by atoms with Gasteiger partial charge in [-0.15, -0.1) is 0 Å². The van der Waals surface area contributed by atoms with Crippen LogP contribution in [0.1, 0.15) is 16.7 Å². The second-order valence-corrected chi connectivity index (χ2v) is 6.35. The molecule has 0 saturated carbocycles. The number of nitriles is 3. The largest absolute Gasteiger partial charge is 0.376 e. The molecular formula is C19H20N6. The van der Waals surface area contributed by atoms with E-state index in [1.165, 1.54) is 0 Å². The van der Waals surface area contributed by atoms with E-state index in [9.17, 15) is 15.8 Å². The number of nitrogens with zero attached hydrogens (tertiary/aromatic N) is 6. The Bertz CT molecular complexity index is 965. The van der Waals surface area contributed by atoms with Gasteiger partial charge in [-0.25, -0.2) is 0 Å². The third-order valence-corrected chi connectivity index (χ3v) is 4.11. The van der Waals surface area contributed by atoms with Crippen molar-refractivity contribution in [3.8, 4) is 18.2 Å². The minimum atomic E-state index is 0.128. The van der Waals surface area contributed by atoms with Gasteiger partial charge in [-0.2, -0.15) is 15.8 Å². The van der Waals surface area contributed by atoms with Crippen LogP contribution in [0, 0.1) is 34.0 Å². The van der Waals surface area contributed by atoms with E-state index in [0.29, 0.717) is 11.1 Å². The summed E-state index contributed by atoms with van der Waals surface area (Å²) >= 11 is 0. The van der Waals surface area contributed by atoms with Gasteiger partial charge in [-0.05, 0) is 6.07 Å². The molecule has 0 saturated heterocycles. The first-order valence-electron chi connectivity index (χ1n) is 7.69. The molecule has 2 aromatic rings. The van der Waals surface area contributed by atoms with Crippen molar-refractivity contribution in [3.63, 3.8) is 0 Å². The first-order valence-corrected chi connectivity index (χ1v) is 7.69.